The predicted octanol–water partition coefficient (Wildman–Crippen LogP) is 12.5. The average molecular weight is 1450 g/mol. The van der Waals surface area contributed by atoms with Gasteiger partial charge in [0, 0.05) is 79.3 Å². The number of Topliss-reactive ketones (excluding diaryl/α,β-unsaturated/α-hetero) is 1. The number of hydrogen-bond acceptors (Lipinski definition) is 15. The van der Waals surface area contributed by atoms with E-state index >= 15 is 0 Å². The maximum atomic E-state index is 13.9. The van der Waals surface area contributed by atoms with Crippen LogP contribution in [0.5, 0.6) is 0 Å². The highest BCUT2D eigenvalue weighted by Gasteiger charge is 2.44. The van der Waals surface area contributed by atoms with E-state index < -0.39 is 66.4 Å². The monoisotopic (exact) mass is 1450 g/mol. The van der Waals surface area contributed by atoms with Gasteiger partial charge in [0.2, 0.25) is 23.6 Å². The molecular formula is C84H127N5O15. The van der Waals surface area contributed by atoms with Crippen molar-refractivity contribution in [2.45, 2.75) is 227 Å². The van der Waals surface area contributed by atoms with Crippen LogP contribution in [0.1, 0.15) is 195 Å². The lowest BCUT2D eigenvalue weighted by Crippen LogP contribution is -2.54. The molecule has 3 aliphatic rings. The van der Waals surface area contributed by atoms with E-state index in [2.05, 4.69) is 48.7 Å². The van der Waals surface area contributed by atoms with Crippen molar-refractivity contribution in [1.82, 2.24) is 25.3 Å². The summed E-state index contributed by atoms with van der Waals surface area (Å²) in [5, 5.41) is 36.9. The summed E-state index contributed by atoms with van der Waals surface area (Å²) in [5.74, 6) is -3.06. The average Bonchev–Trinajstić information content (AvgIpc) is 1.61. The highest BCUT2D eigenvalue weighted by Crippen LogP contribution is 2.45. The molecule has 20 nitrogen and oxygen atoms in total. The third kappa shape index (κ3) is 23.5. The Balaban J connectivity index is 0.000000292. The van der Waals surface area contributed by atoms with Crippen LogP contribution >= 0.6 is 0 Å². The van der Waals surface area contributed by atoms with E-state index in [-0.39, 0.29) is 127 Å². The summed E-state index contributed by atoms with van der Waals surface area (Å²) in [4.78, 5) is 96.6. The van der Waals surface area contributed by atoms with Gasteiger partial charge in [-0.25, -0.2) is 0 Å². The first kappa shape index (κ1) is 87.7. The molecule has 2 aliphatic heterocycles. The van der Waals surface area contributed by atoms with Gasteiger partial charge in [-0.3, -0.25) is 33.6 Å². The smallest absolute Gasteiger partial charge is 0.306 e. The molecule has 0 bridgehead atoms. The summed E-state index contributed by atoms with van der Waals surface area (Å²) in [6.07, 6.45) is 2.37. The van der Waals surface area contributed by atoms with Crippen LogP contribution in [0.4, 0.5) is 0 Å². The second-order valence-electron chi connectivity index (χ2n) is 30.1. The number of hydrogen-bond donors (Lipinski definition) is 5. The van der Waals surface area contributed by atoms with Gasteiger partial charge < -0.3 is 64.3 Å². The first-order valence-corrected chi connectivity index (χ1v) is 38.0. The number of ketones is 1. The Bertz CT molecular complexity index is 3250. The minimum atomic E-state index is -0.981. The number of aliphatic carboxylic acids is 1. The number of carboxylic acids is 1. The Morgan fingerprint density at radius 3 is 1.53 bits per heavy atom. The standard InChI is InChI=1S/C34H57N3O6.C31H41NO6.C19H29NO3/c1-11-22(4)30(36(8)34(41)23(5)21(2)3)28(42-9)20-29(38)37-19-15-18-27(37)32(43-10)24(6)33(40)35-25(7)31(39)26-16-13-12-14-17-26;1-7-20(4)30(27(37-6)17-28(33)34)32(5)31(36)25(19(2)3)16-29(35)38-18-26-23-14-10-8-12-21(23)22-13-9-11-15-24(22)26;1-13(18(22)15-8-5-4-6-9-15)12-17(21)14(2)19(23-3)16-10-7-11-20-16/h12-14,16-17,21-25,27-28,30-32,39H,11,15,18-20H2,1-10H3,(H,35,40);8-15,19-20,25-27,30H,7,16-18H2,1-6H3,(H,33,34);4-6,8-9,13-14,16,18-20,22H,7,10-12H2,1-3H3/t22-,23-,24+,25+,27-,28+,30-,31+,32+;20-,25-,27+,30-;13-,14-,16-,18+,19+/m000/s1. The summed E-state index contributed by atoms with van der Waals surface area (Å²) in [6, 6.07) is 33.9. The van der Waals surface area contributed by atoms with E-state index in [1.54, 1.807) is 52.0 Å². The van der Waals surface area contributed by atoms with Gasteiger partial charge in [0.1, 0.15) is 12.4 Å². The molecule has 2 heterocycles. The fourth-order valence-electron chi connectivity index (χ4n) is 15.4. The number of nitrogens with one attached hydrogen (secondary N) is 2. The first-order chi connectivity index (χ1) is 49.4. The van der Waals surface area contributed by atoms with Crippen molar-refractivity contribution in [2.24, 2.45) is 53.3 Å². The first-order valence-electron chi connectivity index (χ1n) is 38.0. The van der Waals surface area contributed by atoms with Crippen LogP contribution in [0, 0.1) is 53.3 Å². The molecular weight excluding hydrogens is 1320 g/mol. The third-order valence-corrected chi connectivity index (χ3v) is 22.6. The molecule has 2 fully saturated rings. The number of nitrogens with zero attached hydrogens (tertiary/aromatic N) is 3. The highest BCUT2D eigenvalue weighted by molar-refractivity contribution is 5.85. The van der Waals surface area contributed by atoms with Crippen molar-refractivity contribution in [3.8, 4) is 11.1 Å². The molecule has 18 atom stereocenters. The van der Waals surface area contributed by atoms with Crippen molar-refractivity contribution in [1.29, 1.82) is 0 Å². The van der Waals surface area contributed by atoms with Crippen LogP contribution < -0.4 is 10.6 Å². The predicted molar refractivity (Wildman–Crippen MR) is 407 cm³/mol. The largest absolute Gasteiger partial charge is 0.481 e. The number of likely N-dealkylation sites (N-methyl/N-ethyl adjacent to an activating group) is 2. The zero-order chi connectivity index (χ0) is 77.2. The van der Waals surface area contributed by atoms with Crippen molar-refractivity contribution in [3.63, 3.8) is 0 Å². The molecule has 4 aromatic rings. The van der Waals surface area contributed by atoms with Gasteiger partial charge >= 0.3 is 11.9 Å². The van der Waals surface area contributed by atoms with Crippen LogP contribution in [0.3, 0.4) is 0 Å². The number of ether oxygens (including phenoxy) is 5. The lowest BCUT2D eigenvalue weighted by Gasteiger charge is -2.40. The van der Waals surface area contributed by atoms with Crippen molar-refractivity contribution < 1.29 is 72.6 Å². The van der Waals surface area contributed by atoms with Gasteiger partial charge in [-0.2, -0.15) is 0 Å². The molecule has 7 rings (SSSR count). The molecule has 4 amide bonds. The fourth-order valence-corrected chi connectivity index (χ4v) is 15.4. The van der Waals surface area contributed by atoms with E-state index in [1.807, 2.05) is 159 Å². The van der Waals surface area contributed by atoms with Gasteiger partial charge in [-0.1, -0.05) is 205 Å². The number of rotatable bonds is 37. The topological polar surface area (TPSA) is 260 Å². The van der Waals surface area contributed by atoms with Gasteiger partial charge in [-0.15, -0.1) is 0 Å². The molecule has 2 saturated heterocycles. The zero-order valence-corrected chi connectivity index (χ0v) is 65.8. The summed E-state index contributed by atoms with van der Waals surface area (Å²) < 4.78 is 28.7. The molecule has 578 valence electrons. The molecule has 104 heavy (non-hydrogen) atoms. The Morgan fingerprint density at radius 2 is 1.06 bits per heavy atom. The number of aliphatic hydroxyl groups excluding tert-OH is 2. The quantitative estimate of drug-likeness (QED) is 0.0263. The number of esters is 1. The van der Waals surface area contributed by atoms with Crippen molar-refractivity contribution >= 4 is 41.4 Å². The Hall–Kier alpha value is -6.91. The van der Waals surface area contributed by atoms with E-state index in [0.717, 1.165) is 78.5 Å². The summed E-state index contributed by atoms with van der Waals surface area (Å²) >= 11 is 0. The normalized spacial score (nSPS) is 19.5. The molecule has 20 heteroatoms. The van der Waals surface area contributed by atoms with Gasteiger partial charge in [0.15, 0.2) is 0 Å². The van der Waals surface area contributed by atoms with E-state index in [4.69, 9.17) is 23.7 Å². The molecule has 0 spiro atoms. The minimum absolute atomic E-state index is 0.00974. The van der Waals surface area contributed by atoms with Crippen LogP contribution in [0.2, 0.25) is 0 Å². The van der Waals surface area contributed by atoms with Gasteiger partial charge in [0.05, 0.1) is 91.9 Å². The van der Waals surface area contributed by atoms with Crippen LogP contribution in [-0.2, 0) is 57.2 Å². The summed E-state index contributed by atoms with van der Waals surface area (Å²) in [5.41, 5.74) is 6.18. The van der Waals surface area contributed by atoms with Crippen LogP contribution in [0.25, 0.3) is 11.1 Å². The van der Waals surface area contributed by atoms with Crippen LogP contribution in [0.15, 0.2) is 109 Å². The number of carbonyl (C=O) groups is 7. The second-order valence-corrected chi connectivity index (χ2v) is 30.1. The summed E-state index contributed by atoms with van der Waals surface area (Å²) in [6.45, 7) is 27.3. The number of benzene rings is 4. The summed E-state index contributed by atoms with van der Waals surface area (Å²) in [7, 11) is 9.83. The zero-order valence-electron chi connectivity index (χ0n) is 65.8. The molecule has 0 saturated carbocycles. The SMILES string of the molecule is CC[C@H](C)[C@@H]([C@@H](CC(=O)N1CCC[C@H]1[C@H](OC)[C@@H](C)C(=O)N[C@H](C)[C@@H](O)c1ccccc1)OC)N(C)C(=O)[C@@H](C)C(C)C.CC[C@H](C)[C@@H]([C@@H](CC(=O)O)OC)N(C)C(=O)[C@@H](CC(=O)OCC1c2ccccc2-c2ccccc21)C(C)C.CO[C@@H]([C@@H]1CCCN1)[C@@H](C)C(=O)C[C@H](C)[C@@H](O)c1ccccc1. The number of methoxy groups -OCH3 is 4. The van der Waals surface area contributed by atoms with Crippen LogP contribution in [-0.4, -0.2) is 188 Å². The fraction of sp³-hybridized carbons (Fsp3) is 0.631. The molecule has 0 radical (unpaired) electrons. The third-order valence-electron chi connectivity index (χ3n) is 22.6. The number of amides is 4. The van der Waals surface area contributed by atoms with E-state index in [1.165, 1.54) is 7.11 Å². The Labute approximate surface area is 621 Å². The Kier molecular flexibility index (Phi) is 36.3. The van der Waals surface area contributed by atoms with Gasteiger partial charge in [0.25, 0.3) is 0 Å². The van der Waals surface area contributed by atoms with Crippen molar-refractivity contribution in [3.05, 3.63) is 131 Å². The molecule has 1 aliphatic carbocycles. The molecule has 4 aromatic carbocycles. The Morgan fingerprint density at radius 1 is 0.558 bits per heavy atom. The molecule has 5 N–H and O–H groups in total. The maximum Gasteiger partial charge on any atom is 0.306 e. The number of carbonyl (C=O) groups excluding carboxylic acids is 6. The molecule has 0 unspecified atom stereocenters. The lowest BCUT2D eigenvalue weighted by atomic mass is 9.85. The number of fused-ring (bicyclic) bond motifs is 3. The second kappa shape index (κ2) is 43.0. The van der Waals surface area contributed by atoms with Crippen molar-refractivity contribution in [2.75, 3.05) is 62.2 Å². The minimum Gasteiger partial charge on any atom is -0.481 e. The number of carboxylic acid groups (broad SMARTS) is 1. The lowest BCUT2D eigenvalue weighted by molar-refractivity contribution is -0.153. The van der Waals surface area contributed by atoms with E-state index in [0.29, 0.717) is 13.0 Å². The maximum absolute atomic E-state index is 13.9. The number of likely N-dealkylation sites (tertiary alicyclic amines) is 1. The molecule has 0 aromatic heterocycles. The van der Waals surface area contributed by atoms with E-state index in [9.17, 15) is 48.9 Å². The highest BCUT2D eigenvalue weighted by atomic mass is 16.5. The van der Waals surface area contributed by atoms with Gasteiger partial charge in [-0.05, 0) is 102 Å². The number of aliphatic hydroxyl groups is 2.